The smallest absolute Gasteiger partial charge is 0.184 e. The van der Waals surface area contributed by atoms with Crippen molar-refractivity contribution in [2.75, 3.05) is 12.4 Å². The first-order valence-electron chi connectivity index (χ1n) is 6.64. The van der Waals surface area contributed by atoms with Gasteiger partial charge in [-0.2, -0.15) is 0 Å². The van der Waals surface area contributed by atoms with Gasteiger partial charge < -0.3 is 4.74 Å². The van der Waals surface area contributed by atoms with Crippen molar-refractivity contribution in [3.63, 3.8) is 0 Å². The summed E-state index contributed by atoms with van der Waals surface area (Å²) >= 11 is 3.31. The standard InChI is InChI=1S/C14H17BrO4S/c1-2-19-12-7-6-10(15)9-11(12)14(16)13-5-3-4-8-20(13,17)18/h6-7,9,13H,2-5,8H2,1H3. The molecule has 1 aliphatic rings. The molecule has 1 atom stereocenters. The summed E-state index contributed by atoms with van der Waals surface area (Å²) in [5.41, 5.74) is 0.344. The number of sulfone groups is 1. The van der Waals surface area contributed by atoms with Gasteiger partial charge in [-0.1, -0.05) is 22.4 Å². The highest BCUT2D eigenvalue weighted by molar-refractivity contribution is 9.10. The molecule has 0 radical (unpaired) electrons. The van der Waals surface area contributed by atoms with E-state index in [9.17, 15) is 13.2 Å². The quantitative estimate of drug-likeness (QED) is 0.774. The molecule has 20 heavy (non-hydrogen) atoms. The average molecular weight is 361 g/mol. The summed E-state index contributed by atoms with van der Waals surface area (Å²) in [5.74, 6) is 0.192. The highest BCUT2D eigenvalue weighted by atomic mass is 79.9. The van der Waals surface area contributed by atoms with Crippen LogP contribution in [0, 0.1) is 0 Å². The second-order valence-corrected chi connectivity index (χ2v) is 8.01. The number of Topliss-reactive ketones (excluding diaryl/α,β-unsaturated/α-hetero) is 1. The Morgan fingerprint density at radius 1 is 1.40 bits per heavy atom. The maximum absolute atomic E-state index is 12.6. The summed E-state index contributed by atoms with van der Waals surface area (Å²) in [6, 6.07) is 5.10. The highest BCUT2D eigenvalue weighted by Gasteiger charge is 2.36. The van der Waals surface area contributed by atoms with Gasteiger partial charge in [0.1, 0.15) is 11.0 Å². The molecule has 0 saturated carbocycles. The molecule has 1 aromatic carbocycles. The zero-order valence-electron chi connectivity index (χ0n) is 11.3. The number of carbonyl (C=O) groups excluding carboxylic acids is 1. The van der Waals surface area contributed by atoms with E-state index in [0.717, 1.165) is 10.9 Å². The number of rotatable bonds is 4. The van der Waals surface area contributed by atoms with Crippen LogP contribution in [0.25, 0.3) is 0 Å². The Morgan fingerprint density at radius 2 is 2.15 bits per heavy atom. The van der Waals surface area contributed by atoms with Crippen molar-refractivity contribution in [3.8, 4) is 5.75 Å². The molecule has 0 aliphatic carbocycles. The fourth-order valence-corrected chi connectivity index (χ4v) is 4.63. The predicted molar refractivity (Wildman–Crippen MR) is 81.1 cm³/mol. The van der Waals surface area contributed by atoms with E-state index in [1.165, 1.54) is 0 Å². The molecule has 1 aromatic rings. The number of hydrogen-bond donors (Lipinski definition) is 0. The molecular weight excluding hydrogens is 344 g/mol. The fourth-order valence-electron chi connectivity index (χ4n) is 2.40. The SMILES string of the molecule is CCOc1ccc(Br)cc1C(=O)C1CCCCS1(=O)=O. The Balaban J connectivity index is 2.39. The molecule has 1 unspecified atom stereocenters. The van der Waals surface area contributed by atoms with Gasteiger partial charge in [0.25, 0.3) is 0 Å². The van der Waals surface area contributed by atoms with Gasteiger partial charge in [-0.05, 0) is 38.0 Å². The molecule has 6 heteroatoms. The van der Waals surface area contributed by atoms with Crippen molar-refractivity contribution in [2.45, 2.75) is 31.4 Å². The molecule has 1 aliphatic heterocycles. The molecule has 0 bridgehead atoms. The van der Waals surface area contributed by atoms with Crippen molar-refractivity contribution in [3.05, 3.63) is 28.2 Å². The van der Waals surface area contributed by atoms with E-state index in [1.807, 2.05) is 6.92 Å². The van der Waals surface area contributed by atoms with Crippen LogP contribution in [0.2, 0.25) is 0 Å². The minimum atomic E-state index is -3.34. The third-order valence-corrected chi connectivity index (χ3v) is 6.05. The van der Waals surface area contributed by atoms with Gasteiger partial charge in [-0.15, -0.1) is 0 Å². The number of ether oxygens (including phenoxy) is 1. The van der Waals surface area contributed by atoms with Crippen molar-refractivity contribution in [1.82, 2.24) is 0 Å². The Kier molecular flexibility index (Phi) is 4.86. The van der Waals surface area contributed by atoms with Crippen LogP contribution in [0.3, 0.4) is 0 Å². The minimum absolute atomic E-state index is 0.0986. The number of ketones is 1. The van der Waals surface area contributed by atoms with Crippen LogP contribution in [-0.2, 0) is 9.84 Å². The van der Waals surface area contributed by atoms with Crippen LogP contribution in [0.1, 0.15) is 36.5 Å². The van der Waals surface area contributed by atoms with Gasteiger partial charge >= 0.3 is 0 Å². The molecule has 1 heterocycles. The second kappa shape index (κ2) is 6.26. The Hall–Kier alpha value is -0.880. The zero-order chi connectivity index (χ0) is 14.8. The molecule has 4 nitrogen and oxygen atoms in total. The zero-order valence-corrected chi connectivity index (χ0v) is 13.7. The summed E-state index contributed by atoms with van der Waals surface area (Å²) in [4.78, 5) is 12.6. The topological polar surface area (TPSA) is 60.4 Å². The van der Waals surface area contributed by atoms with Crippen molar-refractivity contribution < 1.29 is 17.9 Å². The summed E-state index contributed by atoms with van der Waals surface area (Å²) < 4.78 is 30.3. The number of halogens is 1. The largest absolute Gasteiger partial charge is 0.493 e. The van der Waals surface area contributed by atoms with E-state index in [0.29, 0.717) is 30.8 Å². The summed E-state index contributed by atoms with van der Waals surface area (Å²) in [6.07, 6.45) is 1.82. The lowest BCUT2D eigenvalue weighted by Crippen LogP contribution is -2.35. The van der Waals surface area contributed by atoms with Crippen molar-refractivity contribution >= 4 is 31.6 Å². The van der Waals surface area contributed by atoms with E-state index in [2.05, 4.69) is 15.9 Å². The molecule has 0 aromatic heterocycles. The fraction of sp³-hybridized carbons (Fsp3) is 0.500. The molecule has 2 rings (SSSR count). The Bertz CT molecular complexity index is 610. The predicted octanol–water partition coefficient (Wildman–Crippen LogP) is 3.00. The lowest BCUT2D eigenvalue weighted by molar-refractivity contribution is 0.0977. The van der Waals surface area contributed by atoms with Gasteiger partial charge in [0, 0.05) is 4.47 Å². The summed E-state index contributed by atoms with van der Waals surface area (Å²) in [6.45, 7) is 2.26. The van der Waals surface area contributed by atoms with Crippen LogP contribution < -0.4 is 4.74 Å². The second-order valence-electron chi connectivity index (χ2n) is 4.79. The van der Waals surface area contributed by atoms with E-state index < -0.39 is 15.1 Å². The maximum Gasteiger partial charge on any atom is 0.184 e. The first-order chi connectivity index (χ1) is 9.45. The highest BCUT2D eigenvalue weighted by Crippen LogP contribution is 2.29. The van der Waals surface area contributed by atoms with Gasteiger partial charge in [-0.3, -0.25) is 4.79 Å². The first-order valence-corrected chi connectivity index (χ1v) is 9.14. The van der Waals surface area contributed by atoms with Gasteiger partial charge in [-0.25, -0.2) is 8.42 Å². The van der Waals surface area contributed by atoms with Crippen LogP contribution in [0.5, 0.6) is 5.75 Å². The Labute approximate surface area is 127 Å². The molecular formula is C14H17BrO4S. The van der Waals surface area contributed by atoms with Crippen molar-refractivity contribution in [1.29, 1.82) is 0 Å². The van der Waals surface area contributed by atoms with E-state index in [1.54, 1.807) is 18.2 Å². The van der Waals surface area contributed by atoms with E-state index >= 15 is 0 Å². The van der Waals surface area contributed by atoms with Gasteiger partial charge in [0.05, 0.1) is 17.9 Å². The monoisotopic (exact) mass is 360 g/mol. The van der Waals surface area contributed by atoms with E-state index in [4.69, 9.17) is 4.74 Å². The minimum Gasteiger partial charge on any atom is -0.493 e. The Morgan fingerprint density at radius 3 is 2.80 bits per heavy atom. The molecule has 1 fully saturated rings. The van der Waals surface area contributed by atoms with Crippen LogP contribution in [-0.4, -0.2) is 31.8 Å². The third-order valence-electron chi connectivity index (χ3n) is 3.38. The first kappa shape index (κ1) is 15.5. The van der Waals surface area contributed by atoms with Gasteiger partial charge in [0.2, 0.25) is 0 Å². The number of carbonyl (C=O) groups is 1. The number of benzene rings is 1. The lowest BCUT2D eigenvalue weighted by Gasteiger charge is -2.22. The molecule has 0 N–H and O–H groups in total. The molecule has 110 valence electrons. The van der Waals surface area contributed by atoms with Crippen LogP contribution >= 0.6 is 15.9 Å². The third kappa shape index (κ3) is 3.23. The average Bonchev–Trinajstić information content (AvgIpc) is 2.40. The summed E-state index contributed by atoms with van der Waals surface area (Å²) in [5, 5.41) is -0.926. The molecule has 1 saturated heterocycles. The molecule has 0 spiro atoms. The van der Waals surface area contributed by atoms with Gasteiger partial charge in [0.15, 0.2) is 15.6 Å². The van der Waals surface area contributed by atoms with Crippen LogP contribution in [0.4, 0.5) is 0 Å². The van der Waals surface area contributed by atoms with Crippen molar-refractivity contribution in [2.24, 2.45) is 0 Å². The van der Waals surface area contributed by atoms with Crippen LogP contribution in [0.15, 0.2) is 22.7 Å². The lowest BCUT2D eigenvalue weighted by atomic mass is 10.0. The normalized spacial score (nSPS) is 21.4. The molecule has 0 amide bonds. The summed E-state index contributed by atoms with van der Waals surface area (Å²) in [7, 11) is -3.34. The van der Waals surface area contributed by atoms with E-state index in [-0.39, 0.29) is 11.5 Å². The number of hydrogen-bond acceptors (Lipinski definition) is 4. The maximum atomic E-state index is 12.6.